The van der Waals surface area contributed by atoms with E-state index in [2.05, 4.69) is 10.9 Å². The van der Waals surface area contributed by atoms with Crippen LogP contribution in [0.1, 0.15) is 23.7 Å². The van der Waals surface area contributed by atoms with Crippen LogP contribution in [-0.2, 0) is 4.79 Å². The predicted octanol–water partition coefficient (Wildman–Crippen LogP) is 1.74. The Kier molecular flexibility index (Phi) is 3.36. The summed E-state index contributed by atoms with van der Waals surface area (Å²) in [6.07, 6.45) is 0.321. The number of halogens is 2. The largest absolute Gasteiger partial charge is 0.507 e. The van der Waals surface area contributed by atoms with E-state index in [1.165, 1.54) is 12.1 Å². The van der Waals surface area contributed by atoms with E-state index in [9.17, 15) is 14.7 Å². The van der Waals surface area contributed by atoms with Crippen LogP contribution in [0.15, 0.2) is 24.3 Å². The number of hydrogen-bond donors (Lipinski definition) is 3. The Hall–Kier alpha value is -1.46. The minimum absolute atomic E-state index is 0.0618. The molecule has 1 aromatic carbocycles. The molecule has 1 aromatic rings. The van der Waals surface area contributed by atoms with Gasteiger partial charge in [0.25, 0.3) is 5.91 Å². The maximum Gasteiger partial charge on any atom is 0.273 e. The van der Waals surface area contributed by atoms with Crippen molar-refractivity contribution in [1.82, 2.24) is 10.9 Å². The number of carbonyl (C=O) groups excluding carboxylic acids is 2. The quantitative estimate of drug-likeness (QED) is 0.575. The fraction of sp³-hybridized carbons (Fsp3) is 0.333. The van der Waals surface area contributed by atoms with Crippen LogP contribution in [0.2, 0.25) is 0 Å². The molecule has 1 unspecified atom stereocenters. The highest BCUT2D eigenvalue weighted by Crippen LogP contribution is 2.63. The normalized spacial score (nSPS) is 23.5. The number of hydrazine groups is 1. The maximum absolute atomic E-state index is 11.8. The minimum Gasteiger partial charge on any atom is -0.507 e. The Morgan fingerprint density at radius 3 is 2.37 bits per heavy atom. The number of carbonyl (C=O) groups is 2. The van der Waals surface area contributed by atoms with Gasteiger partial charge >= 0.3 is 0 Å². The second-order valence-corrected chi connectivity index (χ2v) is 6.12. The van der Waals surface area contributed by atoms with Crippen molar-refractivity contribution in [2.75, 3.05) is 0 Å². The van der Waals surface area contributed by atoms with Gasteiger partial charge in [0.1, 0.15) is 10.1 Å². The first-order chi connectivity index (χ1) is 8.78. The van der Waals surface area contributed by atoms with E-state index >= 15 is 0 Å². The highest BCUT2D eigenvalue weighted by Gasteiger charge is 2.68. The highest BCUT2D eigenvalue weighted by molar-refractivity contribution is 6.53. The van der Waals surface area contributed by atoms with E-state index in [1.807, 2.05) is 0 Å². The van der Waals surface area contributed by atoms with Crippen LogP contribution < -0.4 is 10.9 Å². The summed E-state index contributed by atoms with van der Waals surface area (Å²) in [5.74, 6) is -1.26. The third-order valence-corrected chi connectivity index (χ3v) is 4.30. The van der Waals surface area contributed by atoms with E-state index in [0.717, 1.165) is 0 Å². The van der Waals surface area contributed by atoms with Gasteiger partial charge < -0.3 is 5.11 Å². The molecule has 1 saturated carbocycles. The van der Waals surface area contributed by atoms with Crippen LogP contribution in [0.25, 0.3) is 0 Å². The summed E-state index contributed by atoms with van der Waals surface area (Å²) in [6, 6.07) is 6.00. The van der Waals surface area contributed by atoms with Gasteiger partial charge in [0.05, 0.1) is 11.0 Å². The van der Waals surface area contributed by atoms with Crippen LogP contribution in [-0.4, -0.2) is 21.3 Å². The van der Waals surface area contributed by atoms with Gasteiger partial charge in [0.2, 0.25) is 5.91 Å². The number of para-hydroxylation sites is 1. The molecule has 1 aliphatic rings. The molecule has 5 nitrogen and oxygen atoms in total. The minimum atomic E-state index is -1.10. The number of phenols is 1. The van der Waals surface area contributed by atoms with Gasteiger partial charge in [-0.25, -0.2) is 0 Å². The first kappa shape index (κ1) is 14.0. The highest BCUT2D eigenvalue weighted by atomic mass is 35.5. The number of phenolic OH excluding ortho intramolecular Hbond substituents is 1. The molecule has 0 bridgehead atoms. The molecule has 0 saturated heterocycles. The summed E-state index contributed by atoms with van der Waals surface area (Å²) >= 11 is 11.7. The van der Waals surface area contributed by atoms with Crippen molar-refractivity contribution in [2.24, 2.45) is 5.41 Å². The van der Waals surface area contributed by atoms with Crippen LogP contribution in [0.3, 0.4) is 0 Å². The number of aromatic hydroxyl groups is 1. The van der Waals surface area contributed by atoms with E-state index in [0.29, 0.717) is 6.42 Å². The average molecular weight is 303 g/mol. The lowest BCUT2D eigenvalue weighted by atomic mass is 10.1. The zero-order chi connectivity index (χ0) is 14.3. The molecule has 2 rings (SSSR count). The van der Waals surface area contributed by atoms with Crippen LogP contribution in [0.4, 0.5) is 0 Å². The number of nitrogens with one attached hydrogen (secondary N) is 2. The summed E-state index contributed by atoms with van der Waals surface area (Å²) < 4.78 is -1.10. The monoisotopic (exact) mass is 302 g/mol. The smallest absolute Gasteiger partial charge is 0.273 e. The van der Waals surface area contributed by atoms with Crippen molar-refractivity contribution in [3.8, 4) is 5.75 Å². The van der Waals surface area contributed by atoms with E-state index in [4.69, 9.17) is 23.2 Å². The Bertz CT molecular complexity index is 548. The molecule has 0 spiro atoms. The topological polar surface area (TPSA) is 78.4 Å². The van der Waals surface area contributed by atoms with Crippen molar-refractivity contribution in [3.63, 3.8) is 0 Å². The Morgan fingerprint density at radius 2 is 1.84 bits per heavy atom. The molecule has 1 fully saturated rings. The zero-order valence-corrected chi connectivity index (χ0v) is 11.5. The van der Waals surface area contributed by atoms with Gasteiger partial charge in [0.15, 0.2) is 0 Å². The van der Waals surface area contributed by atoms with Gasteiger partial charge in [-0.1, -0.05) is 12.1 Å². The van der Waals surface area contributed by atoms with Gasteiger partial charge in [-0.05, 0) is 25.5 Å². The average Bonchev–Trinajstić information content (AvgIpc) is 2.87. The Labute approximate surface area is 119 Å². The van der Waals surface area contributed by atoms with Crippen molar-refractivity contribution < 1.29 is 14.7 Å². The van der Waals surface area contributed by atoms with Gasteiger partial charge in [-0.2, -0.15) is 0 Å². The van der Waals surface area contributed by atoms with Crippen molar-refractivity contribution >= 4 is 35.0 Å². The van der Waals surface area contributed by atoms with Crippen LogP contribution in [0, 0.1) is 5.41 Å². The van der Waals surface area contributed by atoms with Crippen molar-refractivity contribution in [1.29, 1.82) is 0 Å². The van der Waals surface area contributed by atoms with Gasteiger partial charge in [-0.3, -0.25) is 20.4 Å². The summed E-state index contributed by atoms with van der Waals surface area (Å²) in [5.41, 5.74) is 3.60. The third kappa shape index (κ3) is 2.48. The number of amides is 2. The van der Waals surface area contributed by atoms with E-state index in [1.54, 1.807) is 19.1 Å². The molecular formula is C12H12Cl2N2O3. The SMILES string of the molecule is CC1(C(=O)NNC(=O)c2ccccc2O)CC1(Cl)Cl. The molecule has 0 radical (unpaired) electrons. The summed E-state index contributed by atoms with van der Waals surface area (Å²) in [7, 11) is 0. The summed E-state index contributed by atoms with van der Waals surface area (Å²) in [5, 5.41) is 9.49. The number of benzene rings is 1. The Morgan fingerprint density at radius 1 is 1.26 bits per heavy atom. The fourth-order valence-electron chi connectivity index (χ4n) is 1.63. The fourth-order valence-corrected chi connectivity index (χ4v) is 2.34. The van der Waals surface area contributed by atoms with E-state index in [-0.39, 0.29) is 11.3 Å². The molecule has 1 aliphatic carbocycles. The zero-order valence-electron chi connectivity index (χ0n) is 10.0. The molecule has 7 heteroatoms. The number of alkyl halides is 2. The Balaban J connectivity index is 1.96. The lowest BCUT2D eigenvalue weighted by molar-refractivity contribution is -0.126. The third-order valence-electron chi connectivity index (χ3n) is 3.20. The predicted molar refractivity (Wildman–Crippen MR) is 70.9 cm³/mol. The summed E-state index contributed by atoms with van der Waals surface area (Å²) in [4.78, 5) is 23.5. The summed E-state index contributed by atoms with van der Waals surface area (Å²) in [6.45, 7) is 1.61. The standard InChI is InChI=1S/C12H12Cl2N2O3/c1-11(6-12(11,13)14)10(19)16-15-9(18)7-4-2-3-5-8(7)17/h2-5,17H,6H2,1H3,(H,15,18)(H,16,19). The molecule has 102 valence electrons. The second kappa shape index (κ2) is 4.58. The maximum atomic E-state index is 11.8. The lowest BCUT2D eigenvalue weighted by Crippen LogP contribution is -2.45. The molecule has 0 aromatic heterocycles. The van der Waals surface area contributed by atoms with Gasteiger partial charge in [0, 0.05) is 0 Å². The van der Waals surface area contributed by atoms with Gasteiger partial charge in [-0.15, -0.1) is 23.2 Å². The molecular weight excluding hydrogens is 291 g/mol. The molecule has 2 amide bonds. The molecule has 19 heavy (non-hydrogen) atoms. The second-order valence-electron chi connectivity index (χ2n) is 4.64. The first-order valence-corrected chi connectivity index (χ1v) is 6.30. The van der Waals surface area contributed by atoms with E-state index < -0.39 is 21.6 Å². The van der Waals surface area contributed by atoms with Crippen LogP contribution in [0.5, 0.6) is 5.75 Å². The molecule has 0 heterocycles. The lowest BCUT2D eigenvalue weighted by Gasteiger charge is -2.13. The molecule has 3 N–H and O–H groups in total. The number of hydrogen-bond acceptors (Lipinski definition) is 3. The van der Waals surface area contributed by atoms with Crippen LogP contribution >= 0.6 is 23.2 Å². The number of rotatable bonds is 2. The molecule has 1 atom stereocenters. The first-order valence-electron chi connectivity index (χ1n) is 5.54. The molecule has 0 aliphatic heterocycles. The van der Waals surface area contributed by atoms with Crippen molar-refractivity contribution in [3.05, 3.63) is 29.8 Å². The van der Waals surface area contributed by atoms with Crippen molar-refractivity contribution in [2.45, 2.75) is 17.7 Å².